The number of likely N-dealkylation sites (tertiary alicyclic amines) is 1. The molecule has 0 aliphatic carbocycles. The van der Waals surface area contributed by atoms with Crippen molar-refractivity contribution >= 4 is 11.6 Å². The number of carbonyl (C=O) groups is 1. The molecule has 0 radical (unpaired) electrons. The molecule has 1 atom stereocenters. The summed E-state index contributed by atoms with van der Waals surface area (Å²) >= 11 is 0. The van der Waals surface area contributed by atoms with Gasteiger partial charge in [0.1, 0.15) is 5.75 Å². The van der Waals surface area contributed by atoms with Crippen LogP contribution in [0.25, 0.3) is 0 Å². The van der Waals surface area contributed by atoms with E-state index >= 15 is 0 Å². The summed E-state index contributed by atoms with van der Waals surface area (Å²) in [5, 5.41) is 2.79. The number of nitrogens with one attached hydrogen (secondary N) is 1. The van der Waals surface area contributed by atoms with E-state index in [1.807, 2.05) is 6.92 Å². The molecule has 1 saturated heterocycles. The van der Waals surface area contributed by atoms with Crippen molar-refractivity contribution in [3.8, 4) is 5.75 Å². The lowest BCUT2D eigenvalue weighted by atomic mass is 10.1. The predicted molar refractivity (Wildman–Crippen MR) is 84.6 cm³/mol. The zero-order valence-electron chi connectivity index (χ0n) is 12.9. The van der Waals surface area contributed by atoms with Crippen LogP contribution in [0.3, 0.4) is 0 Å². The van der Waals surface area contributed by atoms with E-state index in [-0.39, 0.29) is 5.91 Å². The Kier molecular flexibility index (Phi) is 5.44. The Labute approximate surface area is 126 Å². The molecule has 1 aromatic rings. The molecule has 1 amide bonds. The molecular weight excluding hydrogens is 266 g/mol. The smallest absolute Gasteiger partial charge is 0.255 e. The van der Waals surface area contributed by atoms with Crippen LogP contribution < -0.4 is 15.8 Å². The summed E-state index contributed by atoms with van der Waals surface area (Å²) in [6.45, 7) is 4.25. The Morgan fingerprint density at radius 2 is 2.33 bits per heavy atom. The monoisotopic (exact) mass is 291 g/mol. The third-order valence-corrected chi connectivity index (χ3v) is 3.97. The highest BCUT2D eigenvalue weighted by Gasteiger charge is 2.21. The van der Waals surface area contributed by atoms with Crippen LogP contribution in [-0.2, 0) is 0 Å². The Balaban J connectivity index is 1.97. The molecule has 0 aromatic heterocycles. The van der Waals surface area contributed by atoms with Crippen LogP contribution in [0.5, 0.6) is 5.75 Å². The van der Waals surface area contributed by atoms with Crippen molar-refractivity contribution in [3.05, 3.63) is 23.8 Å². The van der Waals surface area contributed by atoms with Gasteiger partial charge in [-0.05, 0) is 51.9 Å². The average Bonchev–Trinajstić information content (AvgIpc) is 2.85. The lowest BCUT2D eigenvalue weighted by Crippen LogP contribution is -2.27. The molecule has 5 nitrogen and oxygen atoms in total. The van der Waals surface area contributed by atoms with E-state index in [2.05, 4.69) is 17.3 Å². The molecular formula is C16H25N3O2. The minimum atomic E-state index is -0.120. The van der Waals surface area contributed by atoms with Gasteiger partial charge in [0.15, 0.2) is 0 Å². The fourth-order valence-corrected chi connectivity index (χ4v) is 2.75. The lowest BCUT2D eigenvalue weighted by Gasteiger charge is -2.20. The van der Waals surface area contributed by atoms with E-state index in [1.165, 1.54) is 12.8 Å². The van der Waals surface area contributed by atoms with Crippen molar-refractivity contribution in [2.75, 3.05) is 32.5 Å². The van der Waals surface area contributed by atoms with Gasteiger partial charge in [-0.2, -0.15) is 0 Å². The second-order valence-electron chi connectivity index (χ2n) is 5.53. The number of rotatable bonds is 6. The highest BCUT2D eigenvalue weighted by Crippen LogP contribution is 2.23. The van der Waals surface area contributed by atoms with Crippen LogP contribution in [0.15, 0.2) is 18.2 Å². The summed E-state index contributed by atoms with van der Waals surface area (Å²) in [6, 6.07) is 5.75. The number of hydrogen-bond donors (Lipinski definition) is 2. The number of anilines is 1. The molecule has 1 unspecified atom stereocenters. The number of carbonyl (C=O) groups excluding carboxylic acids is 1. The lowest BCUT2D eigenvalue weighted by molar-refractivity contribution is 0.0951. The molecule has 0 bridgehead atoms. The first kappa shape index (κ1) is 15.6. The van der Waals surface area contributed by atoms with Crippen LogP contribution in [0.4, 0.5) is 5.69 Å². The van der Waals surface area contributed by atoms with Crippen molar-refractivity contribution in [1.29, 1.82) is 0 Å². The van der Waals surface area contributed by atoms with Gasteiger partial charge in [-0.15, -0.1) is 0 Å². The molecule has 1 aliphatic rings. The first-order valence-electron chi connectivity index (χ1n) is 7.62. The first-order chi connectivity index (χ1) is 10.1. The first-order valence-corrected chi connectivity index (χ1v) is 7.62. The van der Waals surface area contributed by atoms with Gasteiger partial charge >= 0.3 is 0 Å². The van der Waals surface area contributed by atoms with E-state index in [1.54, 1.807) is 18.2 Å². The average molecular weight is 291 g/mol. The van der Waals surface area contributed by atoms with E-state index in [0.29, 0.717) is 36.2 Å². The van der Waals surface area contributed by atoms with E-state index < -0.39 is 0 Å². The van der Waals surface area contributed by atoms with Gasteiger partial charge in [-0.3, -0.25) is 4.79 Å². The minimum Gasteiger partial charge on any atom is -0.493 e. The summed E-state index contributed by atoms with van der Waals surface area (Å²) in [6.07, 6.45) is 3.45. The highest BCUT2D eigenvalue weighted by molar-refractivity contribution is 5.97. The zero-order chi connectivity index (χ0) is 15.2. The molecule has 1 aliphatic heterocycles. The number of benzene rings is 1. The number of ether oxygens (including phenoxy) is 1. The summed E-state index contributed by atoms with van der Waals surface area (Å²) in [4.78, 5) is 14.4. The highest BCUT2D eigenvalue weighted by atomic mass is 16.5. The van der Waals surface area contributed by atoms with Gasteiger partial charge in [-0.25, -0.2) is 0 Å². The van der Waals surface area contributed by atoms with Crippen LogP contribution >= 0.6 is 0 Å². The third kappa shape index (κ3) is 4.11. The number of nitrogens with two attached hydrogens (primary N) is 1. The van der Waals surface area contributed by atoms with Gasteiger partial charge in [0.05, 0.1) is 12.2 Å². The fourth-order valence-electron chi connectivity index (χ4n) is 2.75. The molecule has 116 valence electrons. The number of nitrogens with zero attached hydrogens (tertiary/aromatic N) is 1. The SMILES string of the molecule is CCNC(=O)c1ccc(N)cc1OCCC1CCCN1C. The zero-order valence-corrected chi connectivity index (χ0v) is 12.9. The quantitative estimate of drug-likeness (QED) is 0.785. The van der Waals surface area contributed by atoms with Crippen LogP contribution in [0.2, 0.25) is 0 Å². The fraction of sp³-hybridized carbons (Fsp3) is 0.562. The van der Waals surface area contributed by atoms with Crippen molar-refractivity contribution < 1.29 is 9.53 Å². The molecule has 0 saturated carbocycles. The Morgan fingerprint density at radius 3 is 3.00 bits per heavy atom. The molecule has 1 aromatic carbocycles. The molecule has 1 heterocycles. The second-order valence-corrected chi connectivity index (χ2v) is 5.53. The summed E-state index contributed by atoms with van der Waals surface area (Å²) in [7, 11) is 2.15. The second kappa shape index (κ2) is 7.31. The largest absolute Gasteiger partial charge is 0.493 e. The molecule has 3 N–H and O–H groups in total. The van der Waals surface area contributed by atoms with Gasteiger partial charge in [-0.1, -0.05) is 0 Å². The van der Waals surface area contributed by atoms with Crippen LogP contribution in [0.1, 0.15) is 36.5 Å². The normalized spacial score (nSPS) is 18.7. The number of amides is 1. The Bertz CT molecular complexity index is 490. The number of hydrogen-bond acceptors (Lipinski definition) is 4. The standard InChI is InChI=1S/C16H25N3O2/c1-3-18-16(20)14-7-6-12(17)11-15(14)21-10-8-13-5-4-9-19(13)2/h6-7,11,13H,3-5,8-10,17H2,1-2H3,(H,18,20). The van der Waals surface area contributed by atoms with Gasteiger partial charge in [0, 0.05) is 24.3 Å². The third-order valence-electron chi connectivity index (χ3n) is 3.97. The molecule has 2 rings (SSSR count). The Morgan fingerprint density at radius 1 is 1.52 bits per heavy atom. The maximum Gasteiger partial charge on any atom is 0.255 e. The summed E-state index contributed by atoms with van der Waals surface area (Å²) in [5.41, 5.74) is 6.95. The van der Waals surface area contributed by atoms with E-state index in [9.17, 15) is 4.79 Å². The molecule has 0 spiro atoms. The van der Waals surface area contributed by atoms with E-state index in [4.69, 9.17) is 10.5 Å². The number of nitrogen functional groups attached to an aromatic ring is 1. The van der Waals surface area contributed by atoms with Crippen molar-refractivity contribution in [2.24, 2.45) is 0 Å². The van der Waals surface area contributed by atoms with Gasteiger partial charge in [0.2, 0.25) is 0 Å². The molecule has 1 fully saturated rings. The van der Waals surface area contributed by atoms with Crippen molar-refractivity contribution in [2.45, 2.75) is 32.2 Å². The predicted octanol–water partition coefficient (Wildman–Crippen LogP) is 1.88. The maximum absolute atomic E-state index is 12.0. The van der Waals surface area contributed by atoms with Gasteiger partial charge in [0.25, 0.3) is 5.91 Å². The van der Waals surface area contributed by atoms with Crippen molar-refractivity contribution in [1.82, 2.24) is 10.2 Å². The minimum absolute atomic E-state index is 0.120. The topological polar surface area (TPSA) is 67.6 Å². The van der Waals surface area contributed by atoms with Crippen molar-refractivity contribution in [3.63, 3.8) is 0 Å². The summed E-state index contributed by atoms with van der Waals surface area (Å²) < 4.78 is 5.83. The Hall–Kier alpha value is -1.75. The van der Waals surface area contributed by atoms with Gasteiger partial charge < -0.3 is 20.7 Å². The van der Waals surface area contributed by atoms with E-state index in [0.717, 1.165) is 13.0 Å². The maximum atomic E-state index is 12.0. The molecule has 21 heavy (non-hydrogen) atoms. The molecule has 5 heteroatoms. The van der Waals surface area contributed by atoms with Crippen LogP contribution in [-0.4, -0.2) is 43.6 Å². The summed E-state index contributed by atoms with van der Waals surface area (Å²) in [5.74, 6) is 0.451. The van der Waals surface area contributed by atoms with Crippen LogP contribution in [0, 0.1) is 0 Å².